The number of hydrogen-bond donors (Lipinski definition) is 2. The molecule has 1 fully saturated rings. The maximum absolute atomic E-state index is 13.7. The number of amides is 1. The first-order valence-electron chi connectivity index (χ1n) is 9.30. The molecular formula is C22H25ClFNO2. The topological polar surface area (TPSA) is 49.3 Å². The smallest absolute Gasteiger partial charge is 0.252 e. The number of carbonyl (C=O) groups excluding carboxylic acids is 1. The monoisotopic (exact) mass is 389 g/mol. The number of carbonyl (C=O) groups is 1. The molecule has 27 heavy (non-hydrogen) atoms. The molecule has 1 unspecified atom stereocenters. The zero-order chi connectivity index (χ0) is 19.6. The van der Waals surface area contributed by atoms with Crippen LogP contribution in [0.25, 0.3) is 0 Å². The van der Waals surface area contributed by atoms with Gasteiger partial charge < -0.3 is 10.4 Å². The van der Waals surface area contributed by atoms with Crippen LogP contribution in [0.5, 0.6) is 0 Å². The lowest BCUT2D eigenvalue weighted by Gasteiger charge is -2.41. The number of halogens is 2. The molecule has 1 saturated carbocycles. The molecule has 2 aromatic rings. The van der Waals surface area contributed by atoms with Gasteiger partial charge in [0.2, 0.25) is 0 Å². The number of hydrogen-bond acceptors (Lipinski definition) is 2. The summed E-state index contributed by atoms with van der Waals surface area (Å²) in [6.45, 7) is 3.75. The van der Waals surface area contributed by atoms with Gasteiger partial charge in [-0.15, -0.1) is 0 Å². The quantitative estimate of drug-likeness (QED) is 0.766. The third kappa shape index (κ3) is 4.17. The van der Waals surface area contributed by atoms with Gasteiger partial charge in [0.05, 0.1) is 11.6 Å². The van der Waals surface area contributed by atoms with Crippen LogP contribution in [-0.2, 0) is 0 Å². The molecule has 0 heterocycles. The van der Waals surface area contributed by atoms with Crippen molar-refractivity contribution in [2.45, 2.75) is 57.3 Å². The van der Waals surface area contributed by atoms with E-state index < -0.39 is 17.8 Å². The number of benzene rings is 2. The molecule has 5 heteroatoms. The van der Waals surface area contributed by atoms with Gasteiger partial charge in [-0.25, -0.2) is 4.39 Å². The van der Waals surface area contributed by atoms with Crippen molar-refractivity contribution < 1.29 is 14.3 Å². The van der Waals surface area contributed by atoms with Crippen molar-refractivity contribution in [2.75, 3.05) is 0 Å². The van der Waals surface area contributed by atoms with E-state index in [0.29, 0.717) is 16.1 Å². The SMILES string of the molecule is Cc1ccccc1C(=O)NC(c1cccc(C)c1Cl)C1(O)CCC(F)CC1. The fraction of sp³-hybridized carbons (Fsp3) is 0.409. The van der Waals surface area contributed by atoms with Gasteiger partial charge in [0.1, 0.15) is 6.17 Å². The van der Waals surface area contributed by atoms with Crippen LogP contribution in [0.15, 0.2) is 42.5 Å². The second-order valence-electron chi connectivity index (χ2n) is 7.48. The Morgan fingerprint density at radius 2 is 1.78 bits per heavy atom. The Morgan fingerprint density at radius 1 is 1.15 bits per heavy atom. The molecule has 3 nitrogen and oxygen atoms in total. The summed E-state index contributed by atoms with van der Waals surface area (Å²) in [5.74, 6) is -0.272. The summed E-state index contributed by atoms with van der Waals surface area (Å²) >= 11 is 6.52. The van der Waals surface area contributed by atoms with Gasteiger partial charge >= 0.3 is 0 Å². The molecular weight excluding hydrogens is 365 g/mol. The molecule has 1 aliphatic rings. The predicted molar refractivity (Wildman–Crippen MR) is 106 cm³/mol. The van der Waals surface area contributed by atoms with Gasteiger partial charge in [-0.3, -0.25) is 4.79 Å². The standard InChI is InChI=1S/C22H25ClFNO2/c1-14-6-3-4-8-17(14)21(26)25-20(18-9-5-7-15(2)19(18)23)22(27)12-10-16(24)11-13-22/h3-9,16,20,27H,10-13H2,1-2H3,(H,25,26). The molecule has 0 saturated heterocycles. The van der Waals surface area contributed by atoms with E-state index in [0.717, 1.165) is 11.1 Å². The van der Waals surface area contributed by atoms with Crippen molar-refractivity contribution in [1.29, 1.82) is 0 Å². The van der Waals surface area contributed by atoms with Gasteiger partial charge in [-0.05, 0) is 62.3 Å². The van der Waals surface area contributed by atoms with Crippen LogP contribution < -0.4 is 5.32 Å². The fourth-order valence-electron chi connectivity index (χ4n) is 3.80. The van der Waals surface area contributed by atoms with Gasteiger partial charge in [-0.2, -0.15) is 0 Å². The Morgan fingerprint density at radius 3 is 2.44 bits per heavy atom. The summed E-state index contributed by atoms with van der Waals surface area (Å²) in [5, 5.41) is 14.8. The highest BCUT2D eigenvalue weighted by Crippen LogP contribution is 2.42. The Bertz CT molecular complexity index is 831. The van der Waals surface area contributed by atoms with E-state index in [2.05, 4.69) is 5.32 Å². The summed E-state index contributed by atoms with van der Waals surface area (Å²) in [5.41, 5.74) is 1.70. The molecule has 2 N–H and O–H groups in total. The van der Waals surface area contributed by atoms with Crippen LogP contribution in [0, 0.1) is 13.8 Å². The number of nitrogens with one attached hydrogen (secondary N) is 1. The Balaban J connectivity index is 1.99. The van der Waals surface area contributed by atoms with E-state index in [-0.39, 0.29) is 31.6 Å². The summed E-state index contributed by atoms with van der Waals surface area (Å²) in [7, 11) is 0. The third-order valence-electron chi connectivity index (χ3n) is 5.52. The third-order valence-corrected chi connectivity index (χ3v) is 6.03. The molecule has 0 radical (unpaired) electrons. The van der Waals surface area contributed by atoms with E-state index in [1.165, 1.54) is 0 Å². The predicted octanol–water partition coefficient (Wildman–Crippen LogP) is 5.07. The van der Waals surface area contributed by atoms with Crippen LogP contribution in [0.2, 0.25) is 5.02 Å². The van der Waals surface area contributed by atoms with E-state index in [1.54, 1.807) is 12.1 Å². The molecule has 0 aliphatic heterocycles. The maximum Gasteiger partial charge on any atom is 0.252 e. The largest absolute Gasteiger partial charge is 0.387 e. The van der Waals surface area contributed by atoms with Crippen molar-refractivity contribution in [3.63, 3.8) is 0 Å². The van der Waals surface area contributed by atoms with Crippen molar-refractivity contribution in [2.24, 2.45) is 0 Å². The molecule has 0 spiro atoms. The van der Waals surface area contributed by atoms with E-state index >= 15 is 0 Å². The zero-order valence-electron chi connectivity index (χ0n) is 15.6. The molecule has 1 aliphatic carbocycles. The highest BCUT2D eigenvalue weighted by atomic mass is 35.5. The van der Waals surface area contributed by atoms with Crippen molar-refractivity contribution in [3.05, 3.63) is 69.7 Å². The van der Waals surface area contributed by atoms with Crippen molar-refractivity contribution >= 4 is 17.5 Å². The first-order valence-corrected chi connectivity index (χ1v) is 9.67. The molecule has 144 valence electrons. The van der Waals surface area contributed by atoms with E-state index in [9.17, 15) is 14.3 Å². The number of aliphatic hydroxyl groups is 1. The van der Waals surface area contributed by atoms with Crippen LogP contribution in [-0.4, -0.2) is 22.8 Å². The normalized spacial score (nSPS) is 23.7. The van der Waals surface area contributed by atoms with Crippen molar-refractivity contribution in [1.82, 2.24) is 5.32 Å². The molecule has 3 rings (SSSR count). The zero-order valence-corrected chi connectivity index (χ0v) is 16.4. The average Bonchev–Trinajstić information content (AvgIpc) is 2.65. The lowest BCUT2D eigenvalue weighted by molar-refractivity contribution is -0.0445. The van der Waals surface area contributed by atoms with Crippen LogP contribution in [0.3, 0.4) is 0 Å². The minimum absolute atomic E-state index is 0.272. The average molecular weight is 390 g/mol. The Kier molecular flexibility index (Phi) is 5.87. The van der Waals surface area contributed by atoms with Crippen LogP contribution in [0.1, 0.15) is 58.8 Å². The Labute approximate surface area is 164 Å². The molecule has 2 aromatic carbocycles. The molecule has 0 bridgehead atoms. The molecule has 1 amide bonds. The highest BCUT2D eigenvalue weighted by Gasteiger charge is 2.43. The minimum Gasteiger partial charge on any atom is -0.387 e. The second kappa shape index (κ2) is 7.99. The summed E-state index contributed by atoms with van der Waals surface area (Å²) in [6, 6.07) is 12.1. The number of alkyl halides is 1. The molecule has 0 aromatic heterocycles. The summed E-state index contributed by atoms with van der Waals surface area (Å²) in [4.78, 5) is 13.0. The van der Waals surface area contributed by atoms with Crippen LogP contribution in [0.4, 0.5) is 4.39 Å². The first-order chi connectivity index (χ1) is 12.8. The second-order valence-corrected chi connectivity index (χ2v) is 7.86. The van der Waals surface area contributed by atoms with Gasteiger partial charge in [0.15, 0.2) is 0 Å². The van der Waals surface area contributed by atoms with E-state index in [4.69, 9.17) is 11.6 Å². The van der Waals surface area contributed by atoms with E-state index in [1.807, 2.05) is 44.2 Å². The Hall–Kier alpha value is -1.91. The summed E-state index contributed by atoms with van der Waals surface area (Å²) < 4.78 is 13.7. The first kappa shape index (κ1) is 19.8. The van der Waals surface area contributed by atoms with Crippen LogP contribution >= 0.6 is 11.6 Å². The highest BCUT2D eigenvalue weighted by molar-refractivity contribution is 6.32. The maximum atomic E-state index is 13.7. The lowest BCUT2D eigenvalue weighted by atomic mass is 9.76. The fourth-order valence-corrected chi connectivity index (χ4v) is 4.04. The minimum atomic E-state index is -1.24. The van der Waals surface area contributed by atoms with Gasteiger partial charge in [0, 0.05) is 10.6 Å². The summed E-state index contributed by atoms with van der Waals surface area (Å²) in [6.07, 6.45) is 0.188. The lowest BCUT2D eigenvalue weighted by Crippen LogP contribution is -2.48. The number of aryl methyl sites for hydroxylation is 2. The van der Waals surface area contributed by atoms with Crippen molar-refractivity contribution in [3.8, 4) is 0 Å². The number of rotatable bonds is 4. The van der Waals surface area contributed by atoms with Gasteiger partial charge in [0.25, 0.3) is 5.91 Å². The van der Waals surface area contributed by atoms with Gasteiger partial charge in [-0.1, -0.05) is 48.0 Å². The molecule has 1 atom stereocenters.